The van der Waals surface area contributed by atoms with Crippen LogP contribution < -0.4 is 10.6 Å². The van der Waals surface area contributed by atoms with E-state index in [9.17, 15) is 0 Å². The number of hydrogen-bond acceptors (Lipinski definition) is 3. The van der Waals surface area contributed by atoms with Gasteiger partial charge in [-0.2, -0.15) is 5.10 Å². The predicted octanol–water partition coefficient (Wildman–Crippen LogP) is 3.69. The van der Waals surface area contributed by atoms with E-state index < -0.39 is 0 Å². The maximum absolute atomic E-state index is 6.28. The molecule has 1 aromatic carbocycles. The molecule has 1 heterocycles. The van der Waals surface area contributed by atoms with Crippen LogP contribution >= 0.6 is 0 Å². The van der Waals surface area contributed by atoms with Crippen LogP contribution in [-0.2, 0) is 6.54 Å². The van der Waals surface area contributed by atoms with Gasteiger partial charge in [0.15, 0.2) is 5.82 Å². The Morgan fingerprint density at radius 2 is 1.90 bits per heavy atom. The Balaban J connectivity index is 2.40. The monoisotopic (exact) mass is 286 g/mol. The molecule has 0 unspecified atom stereocenters. The summed E-state index contributed by atoms with van der Waals surface area (Å²) < 4.78 is 2.03. The number of nitrogen functional groups attached to an aromatic ring is 1. The molecule has 0 aliphatic carbocycles. The Hall–Kier alpha value is -1.97. The number of nitrogens with zero attached hydrogens (tertiary/aromatic N) is 3. The SMILES string of the molecule is CCN(Cc1ccccc1C)c1c(N)c(C)nn1C(C)C. The Morgan fingerprint density at radius 3 is 2.48 bits per heavy atom. The smallest absolute Gasteiger partial charge is 0.151 e. The van der Waals surface area contributed by atoms with Gasteiger partial charge in [0.05, 0.1) is 11.4 Å². The van der Waals surface area contributed by atoms with Crippen molar-refractivity contribution in [3.63, 3.8) is 0 Å². The van der Waals surface area contributed by atoms with E-state index in [0.717, 1.165) is 30.3 Å². The van der Waals surface area contributed by atoms with Gasteiger partial charge >= 0.3 is 0 Å². The lowest BCUT2D eigenvalue weighted by Gasteiger charge is -2.26. The first kappa shape index (κ1) is 15.4. The average molecular weight is 286 g/mol. The van der Waals surface area contributed by atoms with Gasteiger partial charge in [0, 0.05) is 19.1 Å². The molecule has 2 N–H and O–H groups in total. The maximum atomic E-state index is 6.28. The summed E-state index contributed by atoms with van der Waals surface area (Å²) in [6.07, 6.45) is 0. The molecule has 2 rings (SSSR count). The highest BCUT2D eigenvalue weighted by Gasteiger charge is 2.20. The number of benzene rings is 1. The highest BCUT2D eigenvalue weighted by atomic mass is 15.4. The number of nitrogens with two attached hydrogens (primary N) is 1. The van der Waals surface area contributed by atoms with E-state index in [2.05, 4.69) is 62.0 Å². The van der Waals surface area contributed by atoms with Crippen LogP contribution in [0.2, 0.25) is 0 Å². The molecule has 0 saturated carbocycles. The Morgan fingerprint density at radius 1 is 1.24 bits per heavy atom. The molecule has 0 atom stereocenters. The first-order chi connectivity index (χ1) is 9.95. The molecular formula is C17H26N4. The number of aryl methyl sites for hydroxylation is 2. The molecule has 0 radical (unpaired) electrons. The molecule has 0 bridgehead atoms. The number of rotatable bonds is 5. The minimum atomic E-state index is 0.293. The predicted molar refractivity (Wildman–Crippen MR) is 89.7 cm³/mol. The third-order valence-corrected chi connectivity index (χ3v) is 3.90. The lowest BCUT2D eigenvalue weighted by molar-refractivity contribution is 0.522. The molecule has 0 aliphatic rings. The van der Waals surface area contributed by atoms with Crippen molar-refractivity contribution < 1.29 is 0 Å². The fourth-order valence-corrected chi connectivity index (χ4v) is 2.55. The van der Waals surface area contributed by atoms with Crippen molar-refractivity contribution in [3.8, 4) is 0 Å². The van der Waals surface area contributed by atoms with Gasteiger partial charge in [-0.15, -0.1) is 0 Å². The van der Waals surface area contributed by atoms with Crippen molar-refractivity contribution in [1.29, 1.82) is 0 Å². The second kappa shape index (κ2) is 6.20. The minimum absolute atomic E-state index is 0.293. The third kappa shape index (κ3) is 3.04. The summed E-state index contributed by atoms with van der Waals surface area (Å²) in [6.45, 7) is 12.3. The highest BCUT2D eigenvalue weighted by Crippen LogP contribution is 2.30. The summed E-state index contributed by atoms with van der Waals surface area (Å²) in [5.41, 5.74) is 10.6. The molecular weight excluding hydrogens is 260 g/mol. The third-order valence-electron chi connectivity index (χ3n) is 3.90. The Kier molecular flexibility index (Phi) is 4.56. The van der Waals surface area contributed by atoms with Gasteiger partial charge in [-0.1, -0.05) is 24.3 Å². The van der Waals surface area contributed by atoms with Gasteiger partial charge in [-0.3, -0.25) is 0 Å². The Labute approximate surface area is 127 Å². The second-order valence-corrected chi connectivity index (χ2v) is 5.80. The van der Waals surface area contributed by atoms with E-state index in [-0.39, 0.29) is 0 Å². The van der Waals surface area contributed by atoms with Crippen LogP contribution in [0, 0.1) is 13.8 Å². The van der Waals surface area contributed by atoms with Gasteiger partial charge in [0.1, 0.15) is 0 Å². The zero-order valence-electron chi connectivity index (χ0n) is 13.7. The largest absolute Gasteiger partial charge is 0.394 e. The van der Waals surface area contributed by atoms with E-state index in [1.807, 2.05) is 11.6 Å². The van der Waals surface area contributed by atoms with Crippen LogP contribution in [0.4, 0.5) is 11.5 Å². The maximum Gasteiger partial charge on any atom is 0.151 e. The van der Waals surface area contributed by atoms with Gasteiger partial charge in [0.2, 0.25) is 0 Å². The van der Waals surface area contributed by atoms with Crippen LogP contribution in [0.15, 0.2) is 24.3 Å². The number of anilines is 2. The molecule has 0 amide bonds. The van der Waals surface area contributed by atoms with E-state index >= 15 is 0 Å². The summed E-state index contributed by atoms with van der Waals surface area (Å²) in [6, 6.07) is 8.78. The summed E-state index contributed by atoms with van der Waals surface area (Å²) in [5.74, 6) is 1.04. The molecule has 1 aromatic heterocycles. The lowest BCUT2D eigenvalue weighted by atomic mass is 10.1. The van der Waals surface area contributed by atoms with Gasteiger partial charge in [0.25, 0.3) is 0 Å². The fraction of sp³-hybridized carbons (Fsp3) is 0.471. The van der Waals surface area contributed by atoms with Gasteiger partial charge in [-0.25, -0.2) is 4.68 Å². The average Bonchev–Trinajstić information content (AvgIpc) is 2.75. The number of hydrogen-bond donors (Lipinski definition) is 1. The van der Waals surface area contributed by atoms with Crippen LogP contribution in [-0.4, -0.2) is 16.3 Å². The van der Waals surface area contributed by atoms with Crippen LogP contribution in [0.25, 0.3) is 0 Å². The van der Waals surface area contributed by atoms with E-state index in [4.69, 9.17) is 5.73 Å². The van der Waals surface area contributed by atoms with Crippen molar-refractivity contribution in [2.75, 3.05) is 17.2 Å². The van der Waals surface area contributed by atoms with Crippen molar-refractivity contribution in [1.82, 2.24) is 9.78 Å². The number of aromatic nitrogens is 2. The lowest BCUT2D eigenvalue weighted by Crippen LogP contribution is -2.27. The summed E-state index contributed by atoms with van der Waals surface area (Å²) in [5, 5.41) is 4.59. The van der Waals surface area contributed by atoms with Crippen LogP contribution in [0.1, 0.15) is 43.6 Å². The minimum Gasteiger partial charge on any atom is -0.394 e. The van der Waals surface area contributed by atoms with Crippen LogP contribution in [0.5, 0.6) is 0 Å². The second-order valence-electron chi connectivity index (χ2n) is 5.80. The Bertz CT molecular complexity index is 613. The zero-order chi connectivity index (χ0) is 15.6. The molecule has 2 aromatic rings. The van der Waals surface area contributed by atoms with Crippen LogP contribution in [0.3, 0.4) is 0 Å². The normalized spacial score (nSPS) is 11.1. The molecule has 0 fully saturated rings. The van der Waals surface area contributed by atoms with Crippen molar-refractivity contribution in [2.45, 2.75) is 47.2 Å². The van der Waals surface area contributed by atoms with Gasteiger partial charge < -0.3 is 10.6 Å². The van der Waals surface area contributed by atoms with Crippen molar-refractivity contribution in [2.24, 2.45) is 0 Å². The quantitative estimate of drug-likeness (QED) is 0.912. The fourth-order valence-electron chi connectivity index (χ4n) is 2.55. The van der Waals surface area contributed by atoms with Crippen molar-refractivity contribution in [3.05, 3.63) is 41.1 Å². The molecule has 0 aliphatic heterocycles. The standard InChI is InChI=1S/C17H26N4/c1-6-20(11-15-10-8-7-9-13(15)4)17-16(18)14(5)19-21(17)12(2)3/h7-10,12H,6,11,18H2,1-5H3. The zero-order valence-corrected chi connectivity index (χ0v) is 13.7. The van der Waals surface area contributed by atoms with E-state index in [0.29, 0.717) is 6.04 Å². The molecule has 4 nitrogen and oxygen atoms in total. The molecule has 0 spiro atoms. The summed E-state index contributed by atoms with van der Waals surface area (Å²) in [7, 11) is 0. The summed E-state index contributed by atoms with van der Waals surface area (Å²) in [4.78, 5) is 2.30. The van der Waals surface area contributed by atoms with E-state index in [1.54, 1.807) is 0 Å². The van der Waals surface area contributed by atoms with Gasteiger partial charge in [-0.05, 0) is 45.7 Å². The molecule has 4 heteroatoms. The van der Waals surface area contributed by atoms with E-state index in [1.165, 1.54) is 11.1 Å². The molecule has 114 valence electrons. The molecule has 21 heavy (non-hydrogen) atoms. The highest BCUT2D eigenvalue weighted by molar-refractivity contribution is 5.66. The molecule has 0 saturated heterocycles. The first-order valence-electron chi connectivity index (χ1n) is 7.59. The summed E-state index contributed by atoms with van der Waals surface area (Å²) >= 11 is 0. The van der Waals surface area contributed by atoms with Crippen molar-refractivity contribution >= 4 is 11.5 Å². The first-order valence-corrected chi connectivity index (χ1v) is 7.59. The topological polar surface area (TPSA) is 47.1 Å².